The van der Waals surface area contributed by atoms with Gasteiger partial charge in [0, 0.05) is 11.1 Å². The van der Waals surface area contributed by atoms with Crippen molar-refractivity contribution in [2.45, 2.75) is 0 Å². The molecule has 2 heterocycles. The third-order valence-electron chi connectivity index (χ3n) is 3.23. The number of hydrogen-bond donors (Lipinski definition) is 0. The maximum absolute atomic E-state index is 12.2. The predicted molar refractivity (Wildman–Crippen MR) is 70.6 cm³/mol. The first kappa shape index (κ1) is 10.2. The molecule has 2 aromatic carbocycles. The van der Waals surface area contributed by atoms with Crippen LogP contribution in [0.3, 0.4) is 0 Å². The van der Waals surface area contributed by atoms with E-state index in [0.29, 0.717) is 17.2 Å². The quantitative estimate of drug-likeness (QED) is 0.519. The van der Waals surface area contributed by atoms with Crippen LogP contribution in [0.5, 0.6) is 0 Å². The molecule has 0 fully saturated rings. The lowest BCUT2D eigenvalue weighted by Crippen LogP contribution is -2.07. The highest BCUT2D eigenvalue weighted by Gasteiger charge is 2.29. The number of benzene rings is 2. The monoisotopic (exact) mass is 247 g/mol. The van der Waals surface area contributed by atoms with Gasteiger partial charge in [-0.15, -0.1) is 5.10 Å². The summed E-state index contributed by atoms with van der Waals surface area (Å²) in [5.74, 6) is 1.10. The van der Waals surface area contributed by atoms with E-state index < -0.39 is 0 Å². The Morgan fingerprint density at radius 3 is 2.32 bits per heavy atom. The number of aromatic nitrogens is 3. The second-order valence-electron chi connectivity index (χ2n) is 4.39. The first-order valence-corrected chi connectivity index (χ1v) is 6.01. The molecule has 1 aliphatic heterocycles. The first-order valence-electron chi connectivity index (χ1n) is 6.01. The van der Waals surface area contributed by atoms with Crippen LogP contribution in [-0.2, 0) is 0 Å². The Balaban J connectivity index is 1.93. The summed E-state index contributed by atoms with van der Waals surface area (Å²) in [6, 6.07) is 17.1. The average molecular weight is 247 g/mol. The Morgan fingerprint density at radius 1 is 0.842 bits per heavy atom. The number of carbonyl (C=O) groups is 1. The van der Waals surface area contributed by atoms with E-state index in [2.05, 4.69) is 10.1 Å². The molecule has 1 aliphatic rings. The largest absolute Gasteiger partial charge is 0.280 e. The highest BCUT2D eigenvalue weighted by Crippen LogP contribution is 2.31. The molecule has 0 saturated heterocycles. The van der Waals surface area contributed by atoms with Crippen LogP contribution in [0, 0.1) is 0 Å². The van der Waals surface area contributed by atoms with Crippen LogP contribution in [0.4, 0.5) is 0 Å². The number of hydrogen-bond acceptors (Lipinski definition) is 3. The van der Waals surface area contributed by atoms with E-state index in [0.717, 1.165) is 11.1 Å². The maximum Gasteiger partial charge on any atom is 0.280 e. The Kier molecular flexibility index (Phi) is 1.94. The Labute approximate surface area is 109 Å². The molecule has 90 valence electrons. The van der Waals surface area contributed by atoms with E-state index in [1.54, 1.807) is 6.07 Å². The Bertz CT molecular complexity index is 790. The third kappa shape index (κ3) is 1.37. The fraction of sp³-hybridized carbons (Fsp3) is 0. The summed E-state index contributed by atoms with van der Waals surface area (Å²) >= 11 is 0. The molecular formula is C15H9N3O. The van der Waals surface area contributed by atoms with Gasteiger partial charge in [0.2, 0.25) is 0 Å². The van der Waals surface area contributed by atoms with Gasteiger partial charge in [0.15, 0.2) is 11.6 Å². The van der Waals surface area contributed by atoms with Gasteiger partial charge in [-0.05, 0) is 6.07 Å². The van der Waals surface area contributed by atoms with Crippen LogP contribution in [0.1, 0.15) is 10.4 Å². The summed E-state index contributed by atoms with van der Waals surface area (Å²) in [5.41, 5.74) is 2.42. The van der Waals surface area contributed by atoms with Crippen molar-refractivity contribution in [1.29, 1.82) is 0 Å². The second-order valence-corrected chi connectivity index (χ2v) is 4.39. The third-order valence-corrected chi connectivity index (χ3v) is 3.23. The minimum absolute atomic E-state index is 0.111. The summed E-state index contributed by atoms with van der Waals surface area (Å²) in [7, 11) is 0. The van der Waals surface area contributed by atoms with Gasteiger partial charge in [-0.1, -0.05) is 48.5 Å². The topological polar surface area (TPSA) is 47.8 Å². The summed E-state index contributed by atoms with van der Waals surface area (Å²) < 4.78 is 1.38. The van der Waals surface area contributed by atoms with Crippen molar-refractivity contribution in [1.82, 2.24) is 14.8 Å². The zero-order valence-corrected chi connectivity index (χ0v) is 9.95. The molecule has 0 aliphatic carbocycles. The van der Waals surface area contributed by atoms with E-state index in [4.69, 9.17) is 0 Å². The fourth-order valence-corrected chi connectivity index (χ4v) is 2.32. The molecule has 4 rings (SSSR count). The van der Waals surface area contributed by atoms with Crippen LogP contribution in [-0.4, -0.2) is 20.7 Å². The highest BCUT2D eigenvalue weighted by atomic mass is 16.2. The zero-order chi connectivity index (χ0) is 12.8. The summed E-state index contributed by atoms with van der Waals surface area (Å²) in [5, 5.41) is 4.31. The normalized spacial score (nSPS) is 12.3. The molecule has 4 heteroatoms. The number of rotatable bonds is 1. The van der Waals surface area contributed by atoms with Crippen LogP contribution < -0.4 is 0 Å². The van der Waals surface area contributed by atoms with Gasteiger partial charge in [-0.3, -0.25) is 4.79 Å². The lowest BCUT2D eigenvalue weighted by Gasteiger charge is -1.96. The lowest BCUT2D eigenvalue weighted by molar-refractivity contribution is 0.0955. The minimum Gasteiger partial charge on any atom is -0.267 e. The van der Waals surface area contributed by atoms with Crippen molar-refractivity contribution >= 4 is 5.91 Å². The van der Waals surface area contributed by atoms with Crippen LogP contribution in [0.25, 0.3) is 22.8 Å². The van der Waals surface area contributed by atoms with Gasteiger partial charge < -0.3 is 0 Å². The molecular weight excluding hydrogens is 238 g/mol. The summed E-state index contributed by atoms with van der Waals surface area (Å²) in [6.07, 6.45) is 0. The molecule has 3 aromatic rings. The van der Waals surface area contributed by atoms with Gasteiger partial charge in [0.25, 0.3) is 5.91 Å². The smallest absolute Gasteiger partial charge is 0.267 e. The highest BCUT2D eigenvalue weighted by molar-refractivity contribution is 6.07. The molecule has 0 saturated carbocycles. The second kappa shape index (κ2) is 3.62. The van der Waals surface area contributed by atoms with Crippen molar-refractivity contribution < 1.29 is 4.79 Å². The molecule has 0 radical (unpaired) electrons. The van der Waals surface area contributed by atoms with Crippen molar-refractivity contribution in [3.63, 3.8) is 0 Å². The van der Waals surface area contributed by atoms with E-state index in [1.165, 1.54) is 4.68 Å². The molecule has 0 amide bonds. The van der Waals surface area contributed by atoms with Gasteiger partial charge in [-0.2, -0.15) is 4.68 Å². The molecule has 0 unspecified atom stereocenters. The van der Waals surface area contributed by atoms with E-state index in [9.17, 15) is 4.79 Å². The van der Waals surface area contributed by atoms with Gasteiger partial charge in [0.05, 0.1) is 5.56 Å². The minimum atomic E-state index is -0.111. The van der Waals surface area contributed by atoms with Crippen LogP contribution in [0.2, 0.25) is 0 Å². The van der Waals surface area contributed by atoms with Crippen molar-refractivity contribution in [3.05, 3.63) is 60.2 Å². The van der Waals surface area contributed by atoms with Gasteiger partial charge >= 0.3 is 0 Å². The molecule has 0 N–H and O–H groups in total. The van der Waals surface area contributed by atoms with Crippen molar-refractivity contribution in [3.8, 4) is 22.8 Å². The molecule has 0 atom stereocenters. The first-order chi connectivity index (χ1) is 9.34. The molecule has 19 heavy (non-hydrogen) atoms. The number of carbonyl (C=O) groups excluding carboxylic acids is 1. The summed E-state index contributed by atoms with van der Waals surface area (Å²) in [6.45, 7) is 0. The number of fused-ring (bicyclic) bond motifs is 3. The van der Waals surface area contributed by atoms with Crippen molar-refractivity contribution in [2.75, 3.05) is 0 Å². The molecule has 0 spiro atoms. The SMILES string of the molecule is O=C1c2ccccc2-c2nc(-c3ccccc3)nn21. The van der Waals surface area contributed by atoms with Crippen LogP contribution >= 0.6 is 0 Å². The lowest BCUT2D eigenvalue weighted by atomic mass is 10.1. The maximum atomic E-state index is 12.2. The predicted octanol–water partition coefficient (Wildman–Crippen LogP) is 2.61. The van der Waals surface area contributed by atoms with E-state index in [1.807, 2.05) is 48.5 Å². The van der Waals surface area contributed by atoms with Gasteiger partial charge in [0.1, 0.15) is 0 Å². The van der Waals surface area contributed by atoms with E-state index >= 15 is 0 Å². The fourth-order valence-electron chi connectivity index (χ4n) is 2.32. The van der Waals surface area contributed by atoms with Crippen molar-refractivity contribution in [2.24, 2.45) is 0 Å². The van der Waals surface area contributed by atoms with Gasteiger partial charge in [-0.25, -0.2) is 4.98 Å². The summed E-state index contributed by atoms with van der Waals surface area (Å²) in [4.78, 5) is 16.7. The Hall–Kier alpha value is -2.75. The van der Waals surface area contributed by atoms with E-state index in [-0.39, 0.29) is 5.91 Å². The zero-order valence-electron chi connectivity index (χ0n) is 9.95. The number of nitrogens with zero attached hydrogens (tertiary/aromatic N) is 3. The average Bonchev–Trinajstić information content (AvgIpc) is 3.01. The molecule has 4 nitrogen and oxygen atoms in total. The Morgan fingerprint density at radius 2 is 1.53 bits per heavy atom. The standard InChI is InChI=1S/C15H9N3O/c19-15-12-9-5-4-8-11(12)14-16-13(17-18(14)15)10-6-2-1-3-7-10/h1-9H. The van der Waals surface area contributed by atoms with Crippen LogP contribution in [0.15, 0.2) is 54.6 Å². The molecule has 1 aromatic heterocycles. The molecule has 0 bridgehead atoms.